The summed E-state index contributed by atoms with van der Waals surface area (Å²) in [6.07, 6.45) is 31.4. The summed E-state index contributed by atoms with van der Waals surface area (Å²) in [5.41, 5.74) is 0. The van der Waals surface area contributed by atoms with E-state index in [1.54, 1.807) is 0 Å². The number of carbonyl (C=O) groups excluding carboxylic acids is 1. The minimum atomic E-state index is 0.0212. The van der Waals surface area contributed by atoms with E-state index in [9.17, 15) is 4.79 Å². The van der Waals surface area contributed by atoms with E-state index < -0.39 is 0 Å². The molecule has 0 fully saturated rings. The number of unbranched alkanes of at least 4 members (excludes halogenated alkanes) is 20. The molecule has 0 aliphatic heterocycles. The summed E-state index contributed by atoms with van der Waals surface area (Å²) in [6, 6.07) is 0. The molecule has 0 aromatic rings. The van der Waals surface area contributed by atoms with Crippen molar-refractivity contribution in [3.05, 3.63) is 0 Å². The molecule has 0 rings (SSSR count). The predicted molar refractivity (Wildman–Crippen MR) is 142 cm³/mol. The third-order valence-electron chi connectivity index (χ3n) is 6.67. The van der Waals surface area contributed by atoms with Crippen molar-refractivity contribution in [1.29, 1.82) is 0 Å². The Labute approximate surface area is 203 Å². The summed E-state index contributed by atoms with van der Waals surface area (Å²) >= 11 is 0. The van der Waals surface area contributed by atoms with Crippen molar-refractivity contribution in [1.82, 2.24) is 0 Å². The molecule has 0 N–H and O–H groups in total. The molecule has 0 amide bonds. The highest BCUT2D eigenvalue weighted by atomic mass is 16.5. The molecule has 0 aliphatic rings. The third-order valence-corrected chi connectivity index (χ3v) is 6.67. The molecule has 0 radical (unpaired) electrons. The number of carbonyl (C=O) groups is 1. The van der Waals surface area contributed by atoms with Crippen LogP contribution in [0.4, 0.5) is 0 Å². The molecular weight excluding hydrogens is 392 g/mol. The number of ether oxygens (including phenoxy) is 1. The Morgan fingerprint density at radius 2 is 0.906 bits per heavy atom. The van der Waals surface area contributed by atoms with Crippen LogP contribution in [0.1, 0.15) is 175 Å². The van der Waals surface area contributed by atoms with Gasteiger partial charge in [-0.2, -0.15) is 0 Å². The van der Waals surface area contributed by atoms with E-state index in [0.29, 0.717) is 13.0 Å². The highest BCUT2D eigenvalue weighted by Gasteiger charge is 2.02. The van der Waals surface area contributed by atoms with Gasteiger partial charge in [-0.15, -0.1) is 0 Å². The molecule has 0 heterocycles. The van der Waals surface area contributed by atoms with E-state index in [0.717, 1.165) is 18.8 Å². The number of hydrogen-bond donors (Lipinski definition) is 0. The molecule has 0 aliphatic carbocycles. The molecule has 2 heteroatoms. The Balaban J connectivity index is 3.14. The molecule has 32 heavy (non-hydrogen) atoms. The van der Waals surface area contributed by atoms with Crippen LogP contribution in [-0.4, -0.2) is 12.6 Å². The monoisotopic (exact) mass is 452 g/mol. The van der Waals surface area contributed by atoms with Gasteiger partial charge in [-0.3, -0.25) is 4.79 Å². The maximum atomic E-state index is 11.8. The van der Waals surface area contributed by atoms with E-state index >= 15 is 0 Å². The van der Waals surface area contributed by atoms with Crippen molar-refractivity contribution in [2.75, 3.05) is 6.61 Å². The quantitative estimate of drug-likeness (QED) is 0.0963. The molecule has 0 unspecified atom stereocenters. The fourth-order valence-corrected chi connectivity index (χ4v) is 4.44. The summed E-state index contributed by atoms with van der Waals surface area (Å²) in [5, 5.41) is 0. The first-order valence-electron chi connectivity index (χ1n) is 14.8. The van der Waals surface area contributed by atoms with Crippen LogP contribution in [0.25, 0.3) is 0 Å². The lowest BCUT2D eigenvalue weighted by atomic mass is 10.0. The Morgan fingerprint density at radius 3 is 1.34 bits per heavy atom. The smallest absolute Gasteiger partial charge is 0.305 e. The Morgan fingerprint density at radius 1 is 0.531 bits per heavy atom. The van der Waals surface area contributed by atoms with Crippen LogP contribution >= 0.6 is 0 Å². The summed E-state index contributed by atoms with van der Waals surface area (Å²) in [6.45, 7) is 7.55. The van der Waals surface area contributed by atoms with E-state index in [1.165, 1.54) is 135 Å². The average Bonchev–Trinajstić information content (AvgIpc) is 2.77. The first-order chi connectivity index (χ1) is 15.7. The van der Waals surface area contributed by atoms with Crippen LogP contribution in [-0.2, 0) is 9.53 Å². The summed E-state index contributed by atoms with van der Waals surface area (Å²) in [7, 11) is 0. The van der Waals surface area contributed by atoms with E-state index in [4.69, 9.17) is 4.74 Å². The van der Waals surface area contributed by atoms with Gasteiger partial charge in [0.2, 0.25) is 0 Å². The standard InChI is InChI=1S/C30H60O2/c1-4-5-6-7-8-14-18-21-24-27-30(31)32-28-25-22-19-16-13-11-9-10-12-15-17-20-23-26-29(2)3/h29H,4-28H2,1-3H3. The van der Waals surface area contributed by atoms with Gasteiger partial charge in [0, 0.05) is 6.42 Å². The molecule has 0 bridgehead atoms. The molecule has 0 aromatic carbocycles. The van der Waals surface area contributed by atoms with E-state index in [-0.39, 0.29) is 5.97 Å². The molecule has 0 saturated heterocycles. The van der Waals surface area contributed by atoms with Crippen molar-refractivity contribution in [2.24, 2.45) is 5.92 Å². The summed E-state index contributed by atoms with van der Waals surface area (Å²) in [4.78, 5) is 11.8. The Bertz CT molecular complexity index is 364. The molecule has 0 saturated carbocycles. The van der Waals surface area contributed by atoms with Crippen molar-refractivity contribution in [3.63, 3.8) is 0 Å². The molecule has 192 valence electrons. The zero-order chi connectivity index (χ0) is 23.5. The third kappa shape index (κ3) is 27.5. The van der Waals surface area contributed by atoms with Crippen molar-refractivity contribution >= 4 is 5.97 Å². The van der Waals surface area contributed by atoms with Crippen LogP contribution in [0.15, 0.2) is 0 Å². The largest absolute Gasteiger partial charge is 0.466 e. The zero-order valence-corrected chi connectivity index (χ0v) is 22.6. The van der Waals surface area contributed by atoms with Gasteiger partial charge in [0.25, 0.3) is 0 Å². The fourth-order valence-electron chi connectivity index (χ4n) is 4.44. The minimum absolute atomic E-state index is 0.0212. The van der Waals surface area contributed by atoms with Gasteiger partial charge in [0.05, 0.1) is 6.61 Å². The molecule has 2 nitrogen and oxygen atoms in total. The van der Waals surface area contributed by atoms with E-state index in [2.05, 4.69) is 20.8 Å². The molecule has 0 atom stereocenters. The van der Waals surface area contributed by atoms with Crippen molar-refractivity contribution in [3.8, 4) is 0 Å². The van der Waals surface area contributed by atoms with Crippen molar-refractivity contribution < 1.29 is 9.53 Å². The van der Waals surface area contributed by atoms with Crippen molar-refractivity contribution in [2.45, 2.75) is 175 Å². The summed E-state index contributed by atoms with van der Waals surface area (Å²) < 4.78 is 5.39. The van der Waals surface area contributed by atoms with E-state index in [1.807, 2.05) is 0 Å². The SMILES string of the molecule is CCCCCCCCCCCC(=O)OCCCCCCCCCCCCCCCC(C)C. The molecule has 0 spiro atoms. The highest BCUT2D eigenvalue weighted by Crippen LogP contribution is 2.15. The maximum Gasteiger partial charge on any atom is 0.305 e. The predicted octanol–water partition coefficient (Wildman–Crippen LogP) is 10.6. The lowest BCUT2D eigenvalue weighted by Gasteiger charge is -2.06. The Kier molecular flexibility index (Phi) is 26.3. The summed E-state index contributed by atoms with van der Waals surface area (Å²) in [5.74, 6) is 0.896. The second kappa shape index (κ2) is 26.7. The zero-order valence-electron chi connectivity index (χ0n) is 22.6. The van der Waals surface area contributed by atoms with Crippen LogP contribution in [0.3, 0.4) is 0 Å². The Hall–Kier alpha value is -0.530. The lowest BCUT2D eigenvalue weighted by Crippen LogP contribution is -2.05. The first-order valence-corrected chi connectivity index (χ1v) is 14.8. The number of esters is 1. The second-order valence-corrected chi connectivity index (χ2v) is 10.6. The van der Waals surface area contributed by atoms with Gasteiger partial charge in [0.1, 0.15) is 0 Å². The van der Waals surface area contributed by atoms with Gasteiger partial charge in [-0.05, 0) is 18.8 Å². The lowest BCUT2D eigenvalue weighted by molar-refractivity contribution is -0.143. The normalized spacial score (nSPS) is 11.4. The topological polar surface area (TPSA) is 26.3 Å². The fraction of sp³-hybridized carbons (Fsp3) is 0.967. The highest BCUT2D eigenvalue weighted by molar-refractivity contribution is 5.69. The maximum absolute atomic E-state index is 11.8. The minimum Gasteiger partial charge on any atom is -0.466 e. The average molecular weight is 453 g/mol. The van der Waals surface area contributed by atoms with Gasteiger partial charge in [-0.25, -0.2) is 0 Å². The van der Waals surface area contributed by atoms with Crippen LogP contribution in [0.5, 0.6) is 0 Å². The van der Waals surface area contributed by atoms with Gasteiger partial charge < -0.3 is 4.74 Å². The van der Waals surface area contributed by atoms with Crippen LogP contribution in [0, 0.1) is 5.92 Å². The van der Waals surface area contributed by atoms with Crippen LogP contribution < -0.4 is 0 Å². The number of hydrogen-bond acceptors (Lipinski definition) is 2. The molecule has 0 aromatic heterocycles. The number of rotatable bonds is 26. The molecular formula is C30H60O2. The second-order valence-electron chi connectivity index (χ2n) is 10.6. The van der Waals surface area contributed by atoms with Gasteiger partial charge in [-0.1, -0.05) is 156 Å². The van der Waals surface area contributed by atoms with Gasteiger partial charge >= 0.3 is 5.97 Å². The van der Waals surface area contributed by atoms with Crippen LogP contribution in [0.2, 0.25) is 0 Å². The first kappa shape index (κ1) is 31.5. The van der Waals surface area contributed by atoms with Gasteiger partial charge in [0.15, 0.2) is 0 Å².